The van der Waals surface area contributed by atoms with Gasteiger partial charge in [0.1, 0.15) is 0 Å². The van der Waals surface area contributed by atoms with Gasteiger partial charge in [0.2, 0.25) is 5.75 Å². The van der Waals surface area contributed by atoms with Crippen molar-refractivity contribution in [1.29, 1.82) is 5.26 Å². The highest BCUT2D eigenvalue weighted by molar-refractivity contribution is 5.70. The number of benzene rings is 1. The lowest BCUT2D eigenvalue weighted by Crippen LogP contribution is -2.12. The lowest BCUT2D eigenvalue weighted by atomic mass is 9.90. The molecular weight excluding hydrogens is 322 g/mol. The number of carbonyl (C=O) groups excluding carboxylic acids is 1. The summed E-state index contributed by atoms with van der Waals surface area (Å²) in [6.07, 6.45) is 2.15. The molecule has 0 fully saturated rings. The zero-order valence-electron chi connectivity index (χ0n) is 15.7. The first-order valence-electron chi connectivity index (χ1n) is 8.22. The number of nitrogens with zero attached hydrogens (tertiary/aromatic N) is 1. The van der Waals surface area contributed by atoms with Crippen LogP contribution >= 0.6 is 0 Å². The first-order valence-corrected chi connectivity index (χ1v) is 8.22. The lowest BCUT2D eigenvalue weighted by molar-refractivity contribution is -0.143. The highest BCUT2D eigenvalue weighted by atomic mass is 16.5. The van der Waals surface area contributed by atoms with Crippen molar-refractivity contribution in [3.63, 3.8) is 0 Å². The van der Waals surface area contributed by atoms with E-state index in [2.05, 4.69) is 6.07 Å². The Hall–Kier alpha value is -2.42. The van der Waals surface area contributed by atoms with E-state index in [1.807, 2.05) is 26.0 Å². The van der Waals surface area contributed by atoms with Gasteiger partial charge in [-0.05, 0) is 50.8 Å². The standard InChI is InChI=1S/C19H27NO5/c1-19(2,13-20)9-6-10-25-17(21)8-7-14-11-15(22-3)18(24-5)16(12-14)23-4/h11-12H,6-10H2,1-5H3. The molecule has 0 N–H and O–H groups in total. The Morgan fingerprint density at radius 2 is 1.72 bits per heavy atom. The second kappa shape index (κ2) is 9.77. The number of ether oxygens (including phenoxy) is 4. The van der Waals surface area contributed by atoms with Crippen LogP contribution in [0, 0.1) is 16.7 Å². The molecule has 0 heterocycles. The third-order valence-corrected chi connectivity index (χ3v) is 3.85. The number of hydrogen-bond acceptors (Lipinski definition) is 6. The van der Waals surface area contributed by atoms with E-state index >= 15 is 0 Å². The second-order valence-corrected chi connectivity index (χ2v) is 6.35. The first kappa shape index (κ1) is 20.6. The van der Waals surface area contributed by atoms with Gasteiger partial charge >= 0.3 is 5.97 Å². The van der Waals surface area contributed by atoms with Gasteiger partial charge in [-0.15, -0.1) is 0 Å². The van der Waals surface area contributed by atoms with Gasteiger partial charge in [0.25, 0.3) is 0 Å². The fraction of sp³-hybridized carbons (Fsp3) is 0.579. The van der Waals surface area contributed by atoms with Crippen molar-refractivity contribution in [2.75, 3.05) is 27.9 Å². The molecule has 0 bridgehead atoms. The van der Waals surface area contributed by atoms with E-state index in [1.54, 1.807) is 21.3 Å². The van der Waals surface area contributed by atoms with E-state index in [1.165, 1.54) is 0 Å². The average molecular weight is 349 g/mol. The van der Waals surface area contributed by atoms with Gasteiger partial charge in [-0.2, -0.15) is 5.26 Å². The maximum atomic E-state index is 11.9. The Morgan fingerprint density at radius 3 is 2.20 bits per heavy atom. The van der Waals surface area contributed by atoms with Crippen molar-refractivity contribution < 1.29 is 23.7 Å². The van der Waals surface area contributed by atoms with Crippen LogP contribution in [0.2, 0.25) is 0 Å². The highest BCUT2D eigenvalue weighted by Crippen LogP contribution is 2.38. The highest BCUT2D eigenvalue weighted by Gasteiger charge is 2.17. The minimum absolute atomic E-state index is 0.261. The SMILES string of the molecule is COc1cc(CCC(=O)OCCCC(C)(C)C#N)cc(OC)c1OC. The Balaban J connectivity index is 2.52. The number of nitriles is 1. The number of methoxy groups -OCH3 is 3. The molecule has 138 valence electrons. The molecular formula is C19H27NO5. The van der Waals surface area contributed by atoms with Gasteiger partial charge in [0.15, 0.2) is 11.5 Å². The summed E-state index contributed by atoms with van der Waals surface area (Å²) in [5.74, 6) is 1.38. The molecule has 6 nitrogen and oxygen atoms in total. The van der Waals surface area contributed by atoms with E-state index in [-0.39, 0.29) is 17.8 Å². The van der Waals surface area contributed by atoms with Crippen molar-refractivity contribution in [1.82, 2.24) is 0 Å². The summed E-state index contributed by atoms with van der Waals surface area (Å²) >= 11 is 0. The van der Waals surface area contributed by atoms with Crippen molar-refractivity contribution in [3.05, 3.63) is 17.7 Å². The molecule has 0 aromatic heterocycles. The van der Waals surface area contributed by atoms with Crippen molar-refractivity contribution >= 4 is 5.97 Å². The zero-order chi connectivity index (χ0) is 18.9. The van der Waals surface area contributed by atoms with Gasteiger partial charge in [-0.3, -0.25) is 4.79 Å². The number of aryl methyl sites for hydroxylation is 1. The number of hydrogen-bond donors (Lipinski definition) is 0. The predicted octanol–water partition coefficient (Wildman–Crippen LogP) is 3.52. The quantitative estimate of drug-likeness (QED) is 0.475. The third-order valence-electron chi connectivity index (χ3n) is 3.85. The molecule has 1 aromatic carbocycles. The van der Waals surface area contributed by atoms with E-state index in [4.69, 9.17) is 24.2 Å². The molecule has 25 heavy (non-hydrogen) atoms. The summed E-state index contributed by atoms with van der Waals surface area (Å²) < 4.78 is 21.1. The summed E-state index contributed by atoms with van der Waals surface area (Å²) in [6.45, 7) is 4.08. The fourth-order valence-corrected chi connectivity index (χ4v) is 2.35. The van der Waals surface area contributed by atoms with Gasteiger partial charge in [0.05, 0.1) is 39.4 Å². The fourth-order valence-electron chi connectivity index (χ4n) is 2.35. The Labute approximate surface area is 149 Å². The molecule has 0 saturated heterocycles. The van der Waals surface area contributed by atoms with E-state index in [9.17, 15) is 4.79 Å². The normalized spacial score (nSPS) is 10.7. The molecule has 0 aliphatic heterocycles. The van der Waals surface area contributed by atoms with Crippen LogP contribution in [0.1, 0.15) is 38.7 Å². The molecule has 0 saturated carbocycles. The van der Waals surface area contributed by atoms with Crippen molar-refractivity contribution in [2.24, 2.45) is 5.41 Å². The molecule has 1 rings (SSSR count). The van der Waals surface area contributed by atoms with Crippen LogP contribution in [0.25, 0.3) is 0 Å². The average Bonchev–Trinajstić information content (AvgIpc) is 2.62. The third kappa shape index (κ3) is 6.54. The Bertz CT molecular complexity index is 594. The molecule has 0 aliphatic rings. The second-order valence-electron chi connectivity index (χ2n) is 6.35. The predicted molar refractivity (Wildman–Crippen MR) is 94.0 cm³/mol. The van der Waals surface area contributed by atoms with Crippen molar-refractivity contribution in [2.45, 2.75) is 39.5 Å². The molecule has 0 radical (unpaired) electrons. The van der Waals surface area contributed by atoms with E-state index in [0.717, 1.165) is 5.56 Å². The number of rotatable bonds is 10. The first-order chi connectivity index (χ1) is 11.9. The minimum Gasteiger partial charge on any atom is -0.493 e. The lowest BCUT2D eigenvalue weighted by Gasteiger charge is -2.15. The van der Waals surface area contributed by atoms with Crippen LogP contribution in [-0.4, -0.2) is 33.9 Å². The minimum atomic E-state index is -0.386. The van der Waals surface area contributed by atoms with Crippen molar-refractivity contribution in [3.8, 4) is 23.3 Å². The Morgan fingerprint density at radius 1 is 1.12 bits per heavy atom. The molecule has 1 aromatic rings. The summed E-state index contributed by atoms with van der Waals surface area (Å²) in [5, 5.41) is 8.95. The molecule has 0 amide bonds. The topological polar surface area (TPSA) is 77.8 Å². The zero-order valence-corrected chi connectivity index (χ0v) is 15.7. The molecule has 0 atom stereocenters. The van der Waals surface area contributed by atoms with Gasteiger partial charge < -0.3 is 18.9 Å². The smallest absolute Gasteiger partial charge is 0.306 e. The Kier molecular flexibility index (Phi) is 8.06. The van der Waals surface area contributed by atoms with Crippen LogP contribution in [0.5, 0.6) is 17.2 Å². The van der Waals surface area contributed by atoms with Crippen LogP contribution in [0.15, 0.2) is 12.1 Å². The molecule has 0 unspecified atom stereocenters. The maximum absolute atomic E-state index is 11.9. The summed E-state index contributed by atoms with van der Waals surface area (Å²) in [7, 11) is 4.65. The molecule has 0 aliphatic carbocycles. The summed E-state index contributed by atoms with van der Waals surface area (Å²) in [4.78, 5) is 11.9. The largest absolute Gasteiger partial charge is 0.493 e. The summed E-state index contributed by atoms with van der Waals surface area (Å²) in [5.41, 5.74) is 0.514. The van der Waals surface area contributed by atoms with Crippen LogP contribution < -0.4 is 14.2 Å². The van der Waals surface area contributed by atoms with E-state index < -0.39 is 0 Å². The van der Waals surface area contributed by atoms with Crippen LogP contribution in [0.4, 0.5) is 0 Å². The number of carbonyl (C=O) groups is 1. The van der Waals surface area contributed by atoms with Gasteiger partial charge in [-0.1, -0.05) is 0 Å². The molecule has 6 heteroatoms. The van der Waals surface area contributed by atoms with Gasteiger partial charge in [-0.25, -0.2) is 0 Å². The van der Waals surface area contributed by atoms with Crippen LogP contribution in [0.3, 0.4) is 0 Å². The molecule has 0 spiro atoms. The summed E-state index contributed by atoms with van der Waals surface area (Å²) in [6, 6.07) is 5.88. The van der Waals surface area contributed by atoms with Gasteiger partial charge in [0, 0.05) is 6.42 Å². The van der Waals surface area contributed by atoms with E-state index in [0.29, 0.717) is 43.1 Å². The monoisotopic (exact) mass is 349 g/mol. The van der Waals surface area contributed by atoms with Crippen LogP contribution in [-0.2, 0) is 16.0 Å². The maximum Gasteiger partial charge on any atom is 0.306 e. The number of esters is 1.